The van der Waals surface area contributed by atoms with Crippen LogP contribution in [0.1, 0.15) is 28.9 Å². The number of hydrogen-bond donors (Lipinski definition) is 0. The van der Waals surface area contributed by atoms with Crippen LogP contribution in [0.5, 0.6) is 5.88 Å². The van der Waals surface area contributed by atoms with Crippen molar-refractivity contribution in [2.24, 2.45) is 0 Å². The minimum Gasteiger partial charge on any atom is -0.477 e. The Morgan fingerprint density at radius 3 is 2.82 bits per heavy atom. The zero-order valence-corrected chi connectivity index (χ0v) is 12.6. The highest BCUT2D eigenvalue weighted by Crippen LogP contribution is 2.36. The minimum absolute atomic E-state index is 0.00624. The van der Waals surface area contributed by atoms with Crippen molar-refractivity contribution in [3.8, 4) is 17.0 Å². The zero-order valence-electron chi connectivity index (χ0n) is 12.6. The van der Waals surface area contributed by atoms with Gasteiger partial charge in [-0.2, -0.15) is 5.10 Å². The Morgan fingerprint density at radius 2 is 2.09 bits per heavy atom. The van der Waals surface area contributed by atoms with E-state index in [1.54, 1.807) is 12.4 Å². The van der Waals surface area contributed by atoms with Gasteiger partial charge in [0.25, 0.3) is 5.91 Å². The molecule has 0 aliphatic carbocycles. The highest BCUT2D eigenvalue weighted by atomic mass is 16.5. The summed E-state index contributed by atoms with van der Waals surface area (Å²) < 4.78 is 7.63. The van der Waals surface area contributed by atoms with Crippen LogP contribution in [-0.2, 0) is 6.54 Å². The molecule has 6 nitrogen and oxygen atoms in total. The van der Waals surface area contributed by atoms with Gasteiger partial charge in [0.05, 0.1) is 12.2 Å². The molecule has 0 spiro atoms. The van der Waals surface area contributed by atoms with E-state index in [1.807, 2.05) is 22.6 Å². The lowest BCUT2D eigenvalue weighted by atomic mass is 10.0. The third-order valence-electron chi connectivity index (χ3n) is 4.17. The molecule has 0 atom stereocenters. The summed E-state index contributed by atoms with van der Waals surface area (Å²) in [5.41, 5.74) is 3.22. The maximum absolute atomic E-state index is 12.7. The number of fused-ring (bicyclic) bond motifs is 1. The highest BCUT2D eigenvalue weighted by molar-refractivity contribution is 6.00. The van der Waals surface area contributed by atoms with Crippen molar-refractivity contribution in [3.63, 3.8) is 0 Å². The molecule has 1 saturated heterocycles. The van der Waals surface area contributed by atoms with Crippen molar-refractivity contribution in [1.82, 2.24) is 19.7 Å². The molecule has 0 unspecified atom stereocenters. The molecule has 0 aromatic carbocycles. The first-order valence-corrected chi connectivity index (χ1v) is 7.69. The molecular weight excluding hydrogens is 280 g/mol. The zero-order chi connectivity index (χ0) is 15.1. The van der Waals surface area contributed by atoms with Gasteiger partial charge in [-0.05, 0) is 25.0 Å². The number of likely N-dealkylation sites (tertiary alicyclic amines) is 1. The van der Waals surface area contributed by atoms with Crippen molar-refractivity contribution in [3.05, 3.63) is 29.7 Å². The van der Waals surface area contributed by atoms with Crippen molar-refractivity contribution >= 4 is 5.91 Å². The van der Waals surface area contributed by atoms with Gasteiger partial charge >= 0.3 is 0 Å². The molecule has 4 rings (SSSR count). The largest absolute Gasteiger partial charge is 0.477 e. The minimum atomic E-state index is -0.00624. The van der Waals surface area contributed by atoms with Crippen LogP contribution in [0.3, 0.4) is 0 Å². The van der Waals surface area contributed by atoms with E-state index >= 15 is 0 Å². The smallest absolute Gasteiger partial charge is 0.275 e. The Hall–Kier alpha value is -2.37. The Balaban J connectivity index is 1.86. The van der Waals surface area contributed by atoms with Crippen molar-refractivity contribution in [2.45, 2.75) is 26.3 Å². The van der Waals surface area contributed by atoms with Gasteiger partial charge in [-0.3, -0.25) is 9.78 Å². The average molecular weight is 298 g/mol. The molecule has 22 heavy (non-hydrogen) atoms. The standard InChI is InChI=1S/C16H18N4O2/c1-11-8-12(10-17-9-11)13-14(15(21)19-4-2-5-19)18-20-6-3-7-22-16(13)20/h8-10H,2-7H2,1H3. The third-order valence-corrected chi connectivity index (χ3v) is 4.17. The van der Waals surface area contributed by atoms with E-state index in [1.165, 1.54) is 0 Å². The number of aryl methyl sites for hydroxylation is 2. The molecule has 2 aliphatic heterocycles. The lowest BCUT2D eigenvalue weighted by Crippen LogP contribution is -2.42. The Morgan fingerprint density at radius 1 is 1.23 bits per heavy atom. The van der Waals surface area contributed by atoms with Gasteiger partial charge in [0.15, 0.2) is 5.69 Å². The van der Waals surface area contributed by atoms with Crippen LogP contribution in [0.15, 0.2) is 18.5 Å². The maximum Gasteiger partial charge on any atom is 0.275 e. The molecule has 1 fully saturated rings. The molecule has 1 amide bonds. The second kappa shape index (κ2) is 5.12. The normalized spacial score (nSPS) is 16.7. The molecule has 0 radical (unpaired) electrons. The topological polar surface area (TPSA) is 60.2 Å². The molecule has 4 heterocycles. The molecule has 2 aromatic heterocycles. The molecular formula is C16H18N4O2. The van der Waals surface area contributed by atoms with Crippen molar-refractivity contribution in [2.75, 3.05) is 19.7 Å². The van der Waals surface area contributed by atoms with Gasteiger partial charge in [-0.1, -0.05) is 0 Å². The first-order valence-electron chi connectivity index (χ1n) is 7.69. The molecule has 2 aliphatic rings. The van der Waals surface area contributed by atoms with Crippen LogP contribution in [0.2, 0.25) is 0 Å². The van der Waals surface area contributed by atoms with Crippen molar-refractivity contribution < 1.29 is 9.53 Å². The summed E-state index contributed by atoms with van der Waals surface area (Å²) in [6.07, 6.45) is 5.56. The molecule has 2 aromatic rings. The number of ether oxygens (including phenoxy) is 1. The summed E-state index contributed by atoms with van der Waals surface area (Å²) in [5.74, 6) is 0.691. The first-order chi connectivity index (χ1) is 10.7. The fraction of sp³-hybridized carbons (Fsp3) is 0.438. The number of nitrogens with zero attached hydrogens (tertiary/aromatic N) is 4. The molecule has 6 heteroatoms. The number of hydrogen-bond acceptors (Lipinski definition) is 4. The number of amides is 1. The second-order valence-corrected chi connectivity index (χ2v) is 5.85. The van der Waals surface area contributed by atoms with Crippen LogP contribution in [-0.4, -0.2) is 45.3 Å². The van der Waals surface area contributed by atoms with Gasteiger partial charge in [-0.25, -0.2) is 4.68 Å². The van der Waals surface area contributed by atoms with Gasteiger partial charge in [-0.15, -0.1) is 0 Å². The predicted octanol–water partition coefficient (Wildman–Crippen LogP) is 1.88. The number of carbonyl (C=O) groups is 1. The fourth-order valence-electron chi connectivity index (χ4n) is 2.90. The van der Waals surface area contributed by atoms with Gasteiger partial charge in [0, 0.05) is 44.0 Å². The Bertz CT molecular complexity index is 734. The first kappa shape index (κ1) is 13.3. The number of aromatic nitrogens is 3. The summed E-state index contributed by atoms with van der Waals surface area (Å²) in [4.78, 5) is 18.8. The number of rotatable bonds is 2. The predicted molar refractivity (Wildman–Crippen MR) is 80.8 cm³/mol. The van der Waals surface area contributed by atoms with E-state index in [2.05, 4.69) is 10.1 Å². The lowest BCUT2D eigenvalue weighted by molar-refractivity contribution is 0.0645. The van der Waals surface area contributed by atoms with E-state index in [-0.39, 0.29) is 5.91 Å². The van der Waals surface area contributed by atoms with Crippen LogP contribution in [0, 0.1) is 6.92 Å². The van der Waals surface area contributed by atoms with Crippen LogP contribution < -0.4 is 4.74 Å². The molecule has 0 bridgehead atoms. The molecule has 114 valence electrons. The number of pyridine rings is 1. The van der Waals surface area contributed by atoms with E-state index in [0.717, 1.165) is 49.2 Å². The summed E-state index contributed by atoms with van der Waals surface area (Å²) in [6, 6.07) is 2.02. The second-order valence-electron chi connectivity index (χ2n) is 5.85. The van der Waals surface area contributed by atoms with Crippen LogP contribution in [0.4, 0.5) is 0 Å². The third kappa shape index (κ3) is 2.06. The maximum atomic E-state index is 12.7. The number of carbonyl (C=O) groups excluding carboxylic acids is 1. The van der Waals surface area contributed by atoms with Crippen LogP contribution in [0.25, 0.3) is 11.1 Å². The average Bonchev–Trinajstić information content (AvgIpc) is 2.84. The van der Waals surface area contributed by atoms with E-state index < -0.39 is 0 Å². The van der Waals surface area contributed by atoms with E-state index in [0.29, 0.717) is 18.2 Å². The van der Waals surface area contributed by atoms with Gasteiger partial charge in [0.1, 0.15) is 0 Å². The lowest BCUT2D eigenvalue weighted by Gasteiger charge is -2.30. The van der Waals surface area contributed by atoms with E-state index in [9.17, 15) is 4.79 Å². The Labute approximate surface area is 128 Å². The summed E-state index contributed by atoms with van der Waals surface area (Å²) in [5, 5.41) is 4.53. The van der Waals surface area contributed by atoms with Crippen molar-refractivity contribution in [1.29, 1.82) is 0 Å². The monoisotopic (exact) mass is 298 g/mol. The van der Waals surface area contributed by atoms with E-state index in [4.69, 9.17) is 4.74 Å². The quantitative estimate of drug-likeness (QED) is 0.849. The Kier molecular flexibility index (Phi) is 3.10. The van der Waals surface area contributed by atoms with Crippen LogP contribution >= 0.6 is 0 Å². The molecule has 0 saturated carbocycles. The van der Waals surface area contributed by atoms with Gasteiger partial charge < -0.3 is 9.64 Å². The summed E-state index contributed by atoms with van der Waals surface area (Å²) in [7, 11) is 0. The highest BCUT2D eigenvalue weighted by Gasteiger charge is 2.31. The van der Waals surface area contributed by atoms with Gasteiger partial charge in [0.2, 0.25) is 5.88 Å². The summed E-state index contributed by atoms with van der Waals surface area (Å²) >= 11 is 0. The molecule has 0 N–H and O–H groups in total. The SMILES string of the molecule is Cc1cncc(-c2c(C(=O)N3CCC3)nn3c2OCCC3)c1. The summed E-state index contributed by atoms with van der Waals surface area (Å²) in [6.45, 7) is 5.06. The fourth-order valence-corrected chi connectivity index (χ4v) is 2.90.